The highest BCUT2D eigenvalue weighted by Gasteiger charge is 2.24. The third-order valence-electron chi connectivity index (χ3n) is 2.09. The predicted molar refractivity (Wildman–Crippen MR) is 62.0 cm³/mol. The Morgan fingerprint density at radius 2 is 2.19 bits per heavy atom. The van der Waals surface area contributed by atoms with E-state index in [1.165, 1.54) is 7.11 Å². The Labute approximate surface area is 96.7 Å². The Balaban J connectivity index is 4.08. The van der Waals surface area contributed by atoms with E-state index >= 15 is 0 Å². The first kappa shape index (κ1) is 15.3. The fourth-order valence-corrected chi connectivity index (χ4v) is 1.44. The number of hydrogen-bond donors (Lipinski definition) is 3. The van der Waals surface area contributed by atoms with Crippen LogP contribution in [0.3, 0.4) is 0 Å². The van der Waals surface area contributed by atoms with Gasteiger partial charge in [-0.3, -0.25) is 4.79 Å². The number of ether oxygens (including phenoxy) is 1. The first-order valence-electron chi connectivity index (χ1n) is 5.20. The molecule has 96 valence electrons. The van der Waals surface area contributed by atoms with Gasteiger partial charge in [0.15, 0.2) is 0 Å². The Kier molecular flexibility index (Phi) is 6.51. The molecule has 2 unspecified atom stereocenters. The molecule has 6 heteroatoms. The topological polar surface area (TPSA) is 87.8 Å². The van der Waals surface area contributed by atoms with Crippen LogP contribution < -0.4 is 11.1 Å². The van der Waals surface area contributed by atoms with Gasteiger partial charge in [-0.1, -0.05) is 0 Å². The third kappa shape index (κ3) is 6.02. The van der Waals surface area contributed by atoms with E-state index in [1.54, 1.807) is 6.92 Å². The summed E-state index contributed by atoms with van der Waals surface area (Å²) < 4.78 is 4.88. The number of nitrogens with one attached hydrogen (secondary N) is 1. The number of aliphatic hydroxyl groups is 1. The highest BCUT2D eigenvalue weighted by molar-refractivity contribution is 5.81. The molecule has 6 nitrogen and oxygen atoms in total. The van der Waals surface area contributed by atoms with Crippen molar-refractivity contribution in [2.75, 3.05) is 40.8 Å². The van der Waals surface area contributed by atoms with Crippen LogP contribution >= 0.6 is 0 Å². The minimum absolute atomic E-state index is 0.123. The van der Waals surface area contributed by atoms with E-state index in [9.17, 15) is 9.90 Å². The summed E-state index contributed by atoms with van der Waals surface area (Å²) in [5, 5.41) is 12.5. The van der Waals surface area contributed by atoms with E-state index in [4.69, 9.17) is 10.5 Å². The second-order valence-electron chi connectivity index (χ2n) is 4.41. The van der Waals surface area contributed by atoms with Gasteiger partial charge >= 0.3 is 0 Å². The van der Waals surface area contributed by atoms with Crippen molar-refractivity contribution in [1.29, 1.82) is 0 Å². The zero-order valence-corrected chi connectivity index (χ0v) is 10.5. The van der Waals surface area contributed by atoms with Gasteiger partial charge in [0.2, 0.25) is 0 Å². The number of carbonyl (C=O) groups is 1. The molecular formula is C10H23N3O3. The number of carbonyl (C=O) groups excluding carboxylic acids is 1. The number of methoxy groups -OCH3 is 1. The van der Waals surface area contributed by atoms with Crippen LogP contribution in [0.4, 0.5) is 0 Å². The summed E-state index contributed by atoms with van der Waals surface area (Å²) in [6, 6.07) is 0. The molecule has 0 aromatic rings. The van der Waals surface area contributed by atoms with Crippen molar-refractivity contribution in [2.45, 2.75) is 18.6 Å². The minimum atomic E-state index is -0.966. The minimum Gasteiger partial charge on any atom is -0.387 e. The van der Waals surface area contributed by atoms with Crippen molar-refractivity contribution in [2.24, 2.45) is 5.73 Å². The molecule has 0 heterocycles. The molecule has 0 aliphatic carbocycles. The fourth-order valence-electron chi connectivity index (χ4n) is 1.44. The van der Waals surface area contributed by atoms with Crippen molar-refractivity contribution < 1.29 is 14.6 Å². The Bertz CT molecular complexity index is 215. The standard InChI is InChI=1S/C10H23N3O3/c1-10(15,7-13(2)3)6-12-9(14)8(5-11)16-4/h8,15H,5-7,11H2,1-4H3,(H,12,14). The number of hydrogen-bond acceptors (Lipinski definition) is 5. The summed E-state index contributed by atoms with van der Waals surface area (Å²) in [5.74, 6) is -0.302. The SMILES string of the molecule is COC(CN)C(=O)NCC(C)(O)CN(C)C. The molecule has 0 saturated heterocycles. The number of nitrogens with zero attached hydrogens (tertiary/aromatic N) is 1. The second-order valence-corrected chi connectivity index (χ2v) is 4.41. The van der Waals surface area contributed by atoms with Gasteiger partial charge in [0.25, 0.3) is 5.91 Å². The van der Waals surface area contributed by atoms with Gasteiger partial charge in [0, 0.05) is 26.7 Å². The number of likely N-dealkylation sites (N-methyl/N-ethyl adjacent to an activating group) is 1. The largest absolute Gasteiger partial charge is 0.387 e. The molecular weight excluding hydrogens is 210 g/mol. The summed E-state index contributed by atoms with van der Waals surface area (Å²) in [5.41, 5.74) is 4.38. The quantitative estimate of drug-likeness (QED) is 0.492. The van der Waals surface area contributed by atoms with Gasteiger partial charge < -0.3 is 25.8 Å². The first-order valence-corrected chi connectivity index (χ1v) is 5.20. The maximum atomic E-state index is 11.5. The lowest BCUT2D eigenvalue weighted by atomic mass is 10.1. The summed E-state index contributed by atoms with van der Waals surface area (Å²) in [7, 11) is 5.14. The zero-order chi connectivity index (χ0) is 12.8. The van der Waals surface area contributed by atoms with Gasteiger partial charge in [-0.15, -0.1) is 0 Å². The highest BCUT2D eigenvalue weighted by Crippen LogP contribution is 2.02. The molecule has 0 saturated carbocycles. The van der Waals surface area contributed by atoms with Crippen molar-refractivity contribution in [3.8, 4) is 0 Å². The third-order valence-corrected chi connectivity index (χ3v) is 2.09. The zero-order valence-electron chi connectivity index (χ0n) is 10.5. The maximum absolute atomic E-state index is 11.5. The first-order chi connectivity index (χ1) is 7.32. The van der Waals surface area contributed by atoms with Crippen LogP contribution in [0.2, 0.25) is 0 Å². The summed E-state index contributed by atoms with van der Waals surface area (Å²) in [6.45, 7) is 2.42. The molecule has 0 aromatic carbocycles. The maximum Gasteiger partial charge on any atom is 0.250 e. The van der Waals surface area contributed by atoms with Gasteiger partial charge in [-0.05, 0) is 21.0 Å². The lowest BCUT2D eigenvalue weighted by Gasteiger charge is -2.27. The summed E-state index contributed by atoms with van der Waals surface area (Å²) in [4.78, 5) is 13.3. The number of nitrogens with two attached hydrogens (primary N) is 1. The van der Waals surface area contributed by atoms with Gasteiger partial charge in [-0.2, -0.15) is 0 Å². The molecule has 0 radical (unpaired) electrons. The molecule has 0 aliphatic heterocycles. The van der Waals surface area contributed by atoms with Crippen LogP contribution in [-0.4, -0.2) is 68.5 Å². The highest BCUT2D eigenvalue weighted by atomic mass is 16.5. The van der Waals surface area contributed by atoms with E-state index in [2.05, 4.69) is 5.32 Å². The second kappa shape index (κ2) is 6.80. The lowest BCUT2D eigenvalue weighted by molar-refractivity contribution is -0.131. The fraction of sp³-hybridized carbons (Fsp3) is 0.900. The van der Waals surface area contributed by atoms with Crippen LogP contribution in [0.1, 0.15) is 6.92 Å². The average Bonchev–Trinajstić information content (AvgIpc) is 2.15. The molecule has 16 heavy (non-hydrogen) atoms. The van der Waals surface area contributed by atoms with Gasteiger partial charge in [0.05, 0.1) is 5.60 Å². The van der Waals surface area contributed by atoms with Crippen LogP contribution in [0, 0.1) is 0 Å². The van der Waals surface area contributed by atoms with E-state index in [0.717, 1.165) is 0 Å². The van der Waals surface area contributed by atoms with Crippen LogP contribution in [0.5, 0.6) is 0 Å². The predicted octanol–water partition coefficient (Wildman–Crippen LogP) is -1.61. The Morgan fingerprint density at radius 3 is 2.56 bits per heavy atom. The summed E-state index contributed by atoms with van der Waals surface area (Å²) >= 11 is 0. The summed E-state index contributed by atoms with van der Waals surface area (Å²) in [6.07, 6.45) is -0.657. The molecule has 0 aliphatic rings. The van der Waals surface area contributed by atoms with Gasteiger partial charge in [-0.25, -0.2) is 0 Å². The Hall–Kier alpha value is -0.690. The van der Waals surface area contributed by atoms with Crippen molar-refractivity contribution in [1.82, 2.24) is 10.2 Å². The molecule has 0 bridgehead atoms. The van der Waals surface area contributed by atoms with Crippen LogP contribution in [0.25, 0.3) is 0 Å². The Morgan fingerprint density at radius 1 is 1.62 bits per heavy atom. The van der Waals surface area contributed by atoms with Crippen molar-refractivity contribution in [3.63, 3.8) is 0 Å². The van der Waals surface area contributed by atoms with Gasteiger partial charge in [0.1, 0.15) is 6.10 Å². The smallest absolute Gasteiger partial charge is 0.250 e. The van der Waals surface area contributed by atoms with Crippen molar-refractivity contribution in [3.05, 3.63) is 0 Å². The average molecular weight is 233 g/mol. The molecule has 2 atom stereocenters. The van der Waals surface area contributed by atoms with E-state index in [0.29, 0.717) is 6.54 Å². The number of amides is 1. The number of rotatable bonds is 7. The molecule has 0 fully saturated rings. The monoisotopic (exact) mass is 233 g/mol. The molecule has 0 rings (SSSR count). The lowest BCUT2D eigenvalue weighted by Crippen LogP contribution is -2.50. The van der Waals surface area contributed by atoms with E-state index in [-0.39, 0.29) is 19.0 Å². The molecule has 0 spiro atoms. The molecule has 1 amide bonds. The molecule has 4 N–H and O–H groups in total. The van der Waals surface area contributed by atoms with Crippen molar-refractivity contribution >= 4 is 5.91 Å². The van der Waals surface area contributed by atoms with E-state index < -0.39 is 11.7 Å². The van der Waals surface area contributed by atoms with Crippen LogP contribution in [-0.2, 0) is 9.53 Å². The van der Waals surface area contributed by atoms with Crippen LogP contribution in [0.15, 0.2) is 0 Å². The molecule has 0 aromatic heterocycles. The normalized spacial score (nSPS) is 16.9. The van der Waals surface area contributed by atoms with E-state index in [1.807, 2.05) is 19.0 Å².